The number of carbonyl (C=O) groups excluding carboxylic acids is 2. The Morgan fingerprint density at radius 3 is 0.975 bits per heavy atom. The van der Waals surface area contributed by atoms with E-state index in [-0.39, 0.29) is 18.5 Å². The second-order valence-electron chi connectivity index (χ2n) is 24.2. The number of hydrogen-bond donors (Lipinski definition) is 3. The Morgan fingerprint density at radius 1 is 0.350 bits per heavy atom. The quantitative estimate of drug-likeness (QED) is 0.0320. The first-order chi connectivity index (χ1) is 39.5. The van der Waals surface area contributed by atoms with Crippen LogP contribution in [0.15, 0.2) is 60.8 Å². The number of amides is 1. The van der Waals surface area contributed by atoms with Gasteiger partial charge in [-0.3, -0.25) is 9.59 Å². The number of allylic oxidation sites excluding steroid dienone is 9. The molecule has 0 aliphatic heterocycles. The number of nitrogens with one attached hydrogen (secondary N) is 1. The molecule has 468 valence electrons. The number of aliphatic hydroxyl groups excluding tert-OH is 2. The Bertz CT molecular complexity index is 1380. The number of aliphatic hydroxyl groups is 2. The molecule has 2 atom stereocenters. The van der Waals surface area contributed by atoms with E-state index in [1.54, 1.807) is 6.08 Å². The maximum absolute atomic E-state index is 12.4. The summed E-state index contributed by atoms with van der Waals surface area (Å²) in [5, 5.41) is 23.1. The molecule has 0 heterocycles. The lowest BCUT2D eigenvalue weighted by Crippen LogP contribution is -2.45. The zero-order chi connectivity index (χ0) is 57.8. The summed E-state index contributed by atoms with van der Waals surface area (Å²) in [5.74, 6) is -0.0568. The highest BCUT2D eigenvalue weighted by atomic mass is 16.5. The third-order valence-electron chi connectivity index (χ3n) is 16.3. The first-order valence-electron chi connectivity index (χ1n) is 35.6. The van der Waals surface area contributed by atoms with Crippen LogP contribution in [-0.2, 0) is 14.3 Å². The lowest BCUT2D eigenvalue weighted by molar-refractivity contribution is -0.143. The summed E-state index contributed by atoms with van der Waals surface area (Å²) in [6.07, 6.45) is 91.7. The second-order valence-corrected chi connectivity index (χ2v) is 24.2. The van der Waals surface area contributed by atoms with Crippen molar-refractivity contribution in [2.24, 2.45) is 0 Å². The van der Waals surface area contributed by atoms with Crippen molar-refractivity contribution in [2.75, 3.05) is 13.2 Å². The molecule has 0 fully saturated rings. The Hall–Kier alpha value is -2.44. The summed E-state index contributed by atoms with van der Waals surface area (Å²) in [6, 6.07) is -0.626. The van der Waals surface area contributed by atoms with Gasteiger partial charge < -0.3 is 20.3 Å². The molecule has 2 unspecified atom stereocenters. The van der Waals surface area contributed by atoms with E-state index in [2.05, 4.69) is 67.8 Å². The molecule has 0 aromatic rings. The number of carbonyl (C=O) groups is 2. The van der Waals surface area contributed by atoms with Crippen molar-refractivity contribution in [3.8, 4) is 0 Å². The fourth-order valence-corrected chi connectivity index (χ4v) is 10.8. The van der Waals surface area contributed by atoms with Gasteiger partial charge in [0.25, 0.3) is 0 Å². The second kappa shape index (κ2) is 69.1. The molecule has 6 heteroatoms. The van der Waals surface area contributed by atoms with E-state index >= 15 is 0 Å². The molecule has 0 aromatic carbocycles. The molecular weight excluding hydrogens is 983 g/mol. The van der Waals surface area contributed by atoms with Crippen LogP contribution in [0.25, 0.3) is 0 Å². The van der Waals surface area contributed by atoms with E-state index < -0.39 is 12.1 Å². The predicted molar refractivity (Wildman–Crippen MR) is 352 cm³/mol. The van der Waals surface area contributed by atoms with Gasteiger partial charge in [0.15, 0.2) is 0 Å². The molecule has 0 saturated carbocycles. The zero-order valence-corrected chi connectivity index (χ0v) is 53.6. The summed E-state index contributed by atoms with van der Waals surface area (Å²) in [6.45, 7) is 4.88. The summed E-state index contributed by atoms with van der Waals surface area (Å²) >= 11 is 0. The number of hydrogen-bond acceptors (Lipinski definition) is 5. The van der Waals surface area contributed by atoms with Crippen LogP contribution in [0.1, 0.15) is 373 Å². The van der Waals surface area contributed by atoms with Gasteiger partial charge in [-0.15, -0.1) is 0 Å². The summed E-state index contributed by atoms with van der Waals surface area (Å²) in [4.78, 5) is 24.5. The first-order valence-corrected chi connectivity index (χ1v) is 35.6. The van der Waals surface area contributed by atoms with Crippen LogP contribution < -0.4 is 5.32 Å². The number of ether oxygens (including phenoxy) is 1. The topological polar surface area (TPSA) is 95.9 Å². The molecule has 0 rings (SSSR count). The molecule has 0 radical (unpaired) electrons. The average molecular weight is 1120 g/mol. The average Bonchev–Trinajstić information content (AvgIpc) is 3.46. The van der Waals surface area contributed by atoms with Crippen LogP contribution in [0.5, 0.6) is 0 Å². The molecule has 6 nitrogen and oxygen atoms in total. The lowest BCUT2D eigenvalue weighted by atomic mass is 10.0. The molecule has 3 N–H and O–H groups in total. The smallest absolute Gasteiger partial charge is 0.305 e. The fourth-order valence-electron chi connectivity index (χ4n) is 10.8. The van der Waals surface area contributed by atoms with Crippen molar-refractivity contribution in [3.63, 3.8) is 0 Å². The maximum Gasteiger partial charge on any atom is 0.305 e. The summed E-state index contributed by atoms with van der Waals surface area (Å²) in [7, 11) is 0. The molecule has 80 heavy (non-hydrogen) atoms. The van der Waals surface area contributed by atoms with E-state index in [9.17, 15) is 19.8 Å². The van der Waals surface area contributed by atoms with Crippen LogP contribution in [0, 0.1) is 0 Å². The van der Waals surface area contributed by atoms with Crippen LogP contribution in [-0.4, -0.2) is 47.4 Å². The fraction of sp³-hybridized carbons (Fsp3) is 0.838. The highest BCUT2D eigenvalue weighted by molar-refractivity contribution is 5.76. The standard InChI is InChI=1S/C74H137NO5/c1-3-5-7-9-11-13-15-16-17-18-34-38-41-44-48-52-56-60-64-68-74(79)80-69-65-61-57-53-49-45-42-39-36-33-31-29-27-25-23-21-19-20-22-24-26-28-30-32-35-37-40-43-47-51-55-59-63-67-73(78)75-71(70-76)72(77)66-62-58-54-50-46-14-12-10-8-6-4-2/h11,13,16-17,23,25,29,31,62,66,71-72,76-77H,3-10,12,14-15,18-22,24,26-28,30,32-61,63-65,67-70H2,1-2H3,(H,75,78)/b13-11-,17-16-,25-23-,31-29-,66-62+. The van der Waals surface area contributed by atoms with Crippen molar-refractivity contribution in [1.82, 2.24) is 5.32 Å². The van der Waals surface area contributed by atoms with Gasteiger partial charge >= 0.3 is 5.97 Å². The first kappa shape index (κ1) is 77.6. The highest BCUT2D eigenvalue weighted by Gasteiger charge is 2.18. The minimum absolute atomic E-state index is 0.00996. The van der Waals surface area contributed by atoms with Gasteiger partial charge in [0.2, 0.25) is 5.91 Å². The molecule has 0 saturated heterocycles. The van der Waals surface area contributed by atoms with Crippen molar-refractivity contribution >= 4 is 11.9 Å². The van der Waals surface area contributed by atoms with E-state index in [4.69, 9.17) is 4.74 Å². The third-order valence-corrected chi connectivity index (χ3v) is 16.3. The Morgan fingerprint density at radius 2 is 0.625 bits per heavy atom. The SMILES string of the molecule is CCCCC/C=C\C/C=C\CCCCCCCCCCCC(=O)OCCCCCCCCCCC/C=C\C/C=C\CCCCCCCCCCCCCCCCCCCC(=O)NC(CO)C(O)/C=C/CCCCCCCCCCC. The molecule has 0 aliphatic rings. The van der Waals surface area contributed by atoms with Crippen molar-refractivity contribution in [1.29, 1.82) is 0 Å². The minimum atomic E-state index is -0.842. The van der Waals surface area contributed by atoms with Crippen LogP contribution in [0.2, 0.25) is 0 Å². The van der Waals surface area contributed by atoms with Gasteiger partial charge in [0, 0.05) is 12.8 Å². The Kier molecular flexibility index (Phi) is 66.9. The summed E-state index contributed by atoms with van der Waals surface area (Å²) < 4.78 is 5.50. The highest BCUT2D eigenvalue weighted by Crippen LogP contribution is 2.18. The van der Waals surface area contributed by atoms with Gasteiger partial charge in [0.1, 0.15) is 0 Å². The van der Waals surface area contributed by atoms with E-state index in [1.165, 1.54) is 289 Å². The van der Waals surface area contributed by atoms with Crippen molar-refractivity contribution in [3.05, 3.63) is 60.8 Å². The van der Waals surface area contributed by atoms with E-state index in [0.717, 1.165) is 57.8 Å². The number of rotatable bonds is 66. The predicted octanol–water partition coefficient (Wildman–Crippen LogP) is 23.0. The van der Waals surface area contributed by atoms with E-state index in [0.29, 0.717) is 19.4 Å². The van der Waals surface area contributed by atoms with E-state index in [1.807, 2.05) is 6.08 Å². The minimum Gasteiger partial charge on any atom is -0.466 e. The molecule has 0 bridgehead atoms. The third kappa shape index (κ3) is 64.7. The molecular formula is C74H137NO5. The van der Waals surface area contributed by atoms with Crippen molar-refractivity contribution < 1.29 is 24.5 Å². The number of unbranched alkanes of at least 4 members (excludes halogenated alkanes) is 47. The van der Waals surface area contributed by atoms with Crippen LogP contribution in [0.4, 0.5) is 0 Å². The molecule has 0 spiro atoms. The van der Waals surface area contributed by atoms with Gasteiger partial charge in [-0.05, 0) is 96.3 Å². The monoisotopic (exact) mass is 1120 g/mol. The van der Waals surface area contributed by atoms with Gasteiger partial charge in [0.05, 0.1) is 25.4 Å². The Balaban J connectivity index is 3.37. The van der Waals surface area contributed by atoms with Crippen molar-refractivity contribution in [2.45, 2.75) is 386 Å². The van der Waals surface area contributed by atoms with Gasteiger partial charge in [-0.2, -0.15) is 0 Å². The summed E-state index contributed by atoms with van der Waals surface area (Å²) in [5.41, 5.74) is 0. The van der Waals surface area contributed by atoms with Gasteiger partial charge in [-0.1, -0.05) is 325 Å². The maximum atomic E-state index is 12.4. The molecule has 0 aromatic heterocycles. The number of esters is 1. The molecule has 1 amide bonds. The van der Waals surface area contributed by atoms with Crippen LogP contribution in [0.3, 0.4) is 0 Å². The van der Waals surface area contributed by atoms with Crippen LogP contribution >= 0.6 is 0 Å². The zero-order valence-electron chi connectivity index (χ0n) is 53.6. The van der Waals surface area contributed by atoms with Gasteiger partial charge in [-0.25, -0.2) is 0 Å². The lowest BCUT2D eigenvalue weighted by Gasteiger charge is -2.20. The molecule has 0 aliphatic carbocycles. The Labute approximate surface area is 499 Å². The normalized spacial score (nSPS) is 12.9. The largest absolute Gasteiger partial charge is 0.466 e.